The number of hydrogen-bond donors (Lipinski definition) is 0. The minimum absolute atomic E-state index is 0.000796. The summed E-state index contributed by atoms with van der Waals surface area (Å²) < 4.78 is 60.2. The van der Waals surface area contributed by atoms with Crippen LogP contribution in [0.5, 0.6) is 0 Å². The fourth-order valence-corrected chi connectivity index (χ4v) is 4.22. The third kappa shape index (κ3) is 34.2. The fourth-order valence-electron chi connectivity index (χ4n) is 3.53. The average Bonchev–Trinajstić information content (AvgIpc) is 2.99. The van der Waals surface area contributed by atoms with Gasteiger partial charge in [-0.25, -0.2) is 0 Å². The molecule has 12 nitrogen and oxygen atoms in total. The van der Waals surface area contributed by atoms with Gasteiger partial charge in [-0.1, -0.05) is 26.7 Å². The molecule has 0 radical (unpaired) electrons. The van der Waals surface area contributed by atoms with Crippen LogP contribution in [0.4, 0.5) is 0 Å². The lowest BCUT2D eigenvalue weighted by Crippen LogP contribution is -2.27. The van der Waals surface area contributed by atoms with E-state index in [2.05, 4.69) is 26.6 Å². The number of unbranched alkanes of at least 4 members (excludes halogenated alkanes) is 1. The number of esters is 1. The van der Waals surface area contributed by atoms with E-state index in [0.717, 1.165) is 25.7 Å². The number of ether oxygens (including phenoxy) is 10. The molecule has 0 saturated heterocycles. The Morgan fingerprint density at radius 3 is 1.05 bits per heavy atom. The van der Waals surface area contributed by atoms with Crippen molar-refractivity contribution in [2.24, 2.45) is 5.92 Å². The van der Waals surface area contributed by atoms with Crippen molar-refractivity contribution < 1.29 is 56.6 Å². The van der Waals surface area contributed by atoms with Crippen molar-refractivity contribution in [1.82, 2.24) is 0 Å². The molecule has 0 fully saturated rings. The summed E-state index contributed by atoms with van der Waals surface area (Å²) in [5, 5.41) is 0. The van der Waals surface area contributed by atoms with Crippen LogP contribution in [0.1, 0.15) is 39.5 Å². The molecule has 0 spiro atoms. The summed E-state index contributed by atoms with van der Waals surface area (Å²) in [7, 11) is -1.45. The van der Waals surface area contributed by atoms with Crippen LogP contribution in [-0.2, 0) is 56.6 Å². The van der Waals surface area contributed by atoms with Gasteiger partial charge < -0.3 is 51.8 Å². The number of carbonyl (C=O) groups is 1. The molecule has 0 aliphatic rings. The van der Waals surface area contributed by atoms with Gasteiger partial charge in [0.05, 0.1) is 131 Å². The van der Waals surface area contributed by atoms with Crippen molar-refractivity contribution in [1.29, 1.82) is 0 Å². The van der Waals surface area contributed by atoms with E-state index in [-0.39, 0.29) is 18.5 Å². The lowest BCUT2D eigenvalue weighted by Gasteiger charge is -2.16. The molecule has 13 heteroatoms. The smallest absolute Gasteiger partial charge is 0.308 e. The first-order chi connectivity index (χ1) is 21.4. The largest absolute Gasteiger partial charge is 0.463 e. The van der Waals surface area contributed by atoms with Gasteiger partial charge in [-0.05, 0) is 32.5 Å². The average molecular weight is 657 g/mol. The highest BCUT2D eigenvalue weighted by Gasteiger charge is 2.17. The molecule has 0 aliphatic heterocycles. The first kappa shape index (κ1) is 43.3. The molecular formula is C31H64O12Si. The Balaban J connectivity index is 3.16. The molecule has 0 aromatic carbocycles. The Morgan fingerprint density at radius 2 is 0.773 bits per heavy atom. The molecule has 0 heterocycles. The van der Waals surface area contributed by atoms with E-state index in [9.17, 15) is 4.79 Å². The van der Waals surface area contributed by atoms with Gasteiger partial charge in [0.15, 0.2) is 8.32 Å². The number of rotatable bonds is 36. The zero-order valence-electron chi connectivity index (χ0n) is 28.4. The zero-order valence-corrected chi connectivity index (χ0v) is 29.4. The maximum absolute atomic E-state index is 12.0. The molecule has 0 aromatic heterocycles. The Bertz CT molecular complexity index is 594. The summed E-state index contributed by atoms with van der Waals surface area (Å²) in [5.74, 6) is -0.119. The van der Waals surface area contributed by atoms with Crippen molar-refractivity contribution in [3.05, 3.63) is 0 Å². The Hall–Kier alpha value is -0.713. The van der Waals surface area contributed by atoms with E-state index in [1.165, 1.54) is 0 Å². The molecule has 0 rings (SSSR count). The standard InChI is InChI=1S/C31H64O12Si/c1-6-8-9-30(7-2)31(32)42-28-26-40-24-22-38-20-18-36-16-14-34-12-10-33-11-13-35-15-17-37-19-21-39-23-25-41-27-29-43-44(3,4)5/h30H,6-29H2,1-5H3. The predicted molar refractivity (Wildman–Crippen MR) is 171 cm³/mol. The van der Waals surface area contributed by atoms with E-state index < -0.39 is 8.32 Å². The highest BCUT2D eigenvalue weighted by molar-refractivity contribution is 6.69. The van der Waals surface area contributed by atoms with Gasteiger partial charge >= 0.3 is 5.97 Å². The van der Waals surface area contributed by atoms with E-state index >= 15 is 0 Å². The van der Waals surface area contributed by atoms with E-state index in [0.29, 0.717) is 126 Å². The highest BCUT2D eigenvalue weighted by atomic mass is 28.4. The van der Waals surface area contributed by atoms with Gasteiger partial charge in [-0.2, -0.15) is 0 Å². The quantitative estimate of drug-likeness (QED) is 0.0555. The third-order valence-electron chi connectivity index (χ3n) is 5.94. The van der Waals surface area contributed by atoms with Gasteiger partial charge in [0, 0.05) is 0 Å². The van der Waals surface area contributed by atoms with Gasteiger partial charge in [0.1, 0.15) is 6.61 Å². The molecule has 1 unspecified atom stereocenters. The Morgan fingerprint density at radius 1 is 0.477 bits per heavy atom. The minimum atomic E-state index is -1.45. The van der Waals surface area contributed by atoms with Crippen molar-refractivity contribution in [3.63, 3.8) is 0 Å². The fraction of sp³-hybridized carbons (Fsp3) is 0.968. The zero-order chi connectivity index (χ0) is 32.4. The normalized spacial score (nSPS) is 12.6. The van der Waals surface area contributed by atoms with Crippen LogP contribution < -0.4 is 0 Å². The van der Waals surface area contributed by atoms with Crippen molar-refractivity contribution in [2.45, 2.75) is 59.2 Å². The molecule has 44 heavy (non-hydrogen) atoms. The van der Waals surface area contributed by atoms with Crippen LogP contribution in [0.15, 0.2) is 0 Å². The van der Waals surface area contributed by atoms with Crippen LogP contribution in [0, 0.1) is 5.92 Å². The number of carbonyl (C=O) groups excluding carboxylic acids is 1. The van der Waals surface area contributed by atoms with Crippen LogP contribution >= 0.6 is 0 Å². The molecule has 0 saturated carbocycles. The molecule has 1 atom stereocenters. The summed E-state index contributed by atoms with van der Waals surface area (Å²) in [6.45, 7) is 20.7. The third-order valence-corrected chi connectivity index (χ3v) is 7.01. The molecule has 264 valence electrons. The number of hydrogen-bond acceptors (Lipinski definition) is 12. The SMILES string of the molecule is CCCCC(CC)C(=O)OCCOCCOCCOCCOCCOCCOCCOCCOCCOCCO[Si](C)(C)C. The van der Waals surface area contributed by atoms with Gasteiger partial charge in [0.2, 0.25) is 0 Å². The maximum atomic E-state index is 12.0. The van der Waals surface area contributed by atoms with Crippen LogP contribution in [0.25, 0.3) is 0 Å². The minimum Gasteiger partial charge on any atom is -0.463 e. The molecule has 0 bridgehead atoms. The van der Waals surface area contributed by atoms with Gasteiger partial charge in [-0.3, -0.25) is 4.79 Å². The van der Waals surface area contributed by atoms with Gasteiger partial charge in [0.25, 0.3) is 0 Å². The summed E-state index contributed by atoms with van der Waals surface area (Å²) >= 11 is 0. The molecule has 0 aliphatic carbocycles. The Labute approximate surface area is 268 Å². The maximum Gasteiger partial charge on any atom is 0.308 e. The van der Waals surface area contributed by atoms with Crippen molar-refractivity contribution in [3.8, 4) is 0 Å². The van der Waals surface area contributed by atoms with Crippen LogP contribution in [0.3, 0.4) is 0 Å². The second-order valence-corrected chi connectivity index (χ2v) is 15.4. The van der Waals surface area contributed by atoms with Crippen molar-refractivity contribution in [2.75, 3.05) is 132 Å². The summed E-state index contributed by atoms with van der Waals surface area (Å²) in [5.41, 5.74) is 0. The summed E-state index contributed by atoms with van der Waals surface area (Å²) in [6, 6.07) is 0. The van der Waals surface area contributed by atoms with Crippen LogP contribution in [-0.4, -0.2) is 146 Å². The lowest BCUT2D eigenvalue weighted by molar-refractivity contribution is -0.150. The highest BCUT2D eigenvalue weighted by Crippen LogP contribution is 2.14. The first-order valence-electron chi connectivity index (χ1n) is 16.4. The predicted octanol–water partition coefficient (Wildman–Crippen LogP) is 3.75. The monoisotopic (exact) mass is 656 g/mol. The van der Waals surface area contributed by atoms with Crippen LogP contribution in [0.2, 0.25) is 19.6 Å². The van der Waals surface area contributed by atoms with Gasteiger partial charge in [-0.15, -0.1) is 0 Å². The van der Waals surface area contributed by atoms with Crippen molar-refractivity contribution >= 4 is 14.3 Å². The molecular weight excluding hydrogens is 592 g/mol. The van der Waals surface area contributed by atoms with E-state index in [1.54, 1.807) is 0 Å². The molecule has 0 N–H and O–H groups in total. The Kier molecular flexibility index (Phi) is 33.1. The second kappa shape index (κ2) is 33.6. The summed E-state index contributed by atoms with van der Waals surface area (Å²) in [4.78, 5) is 12.0. The topological polar surface area (TPSA) is 119 Å². The summed E-state index contributed by atoms with van der Waals surface area (Å²) in [6.07, 6.45) is 3.84. The second-order valence-electron chi connectivity index (χ2n) is 10.9. The first-order valence-corrected chi connectivity index (χ1v) is 19.8. The molecule has 0 amide bonds. The lowest BCUT2D eigenvalue weighted by atomic mass is 10.00. The van der Waals surface area contributed by atoms with E-state index in [1.807, 2.05) is 6.92 Å². The molecule has 0 aromatic rings. The van der Waals surface area contributed by atoms with E-state index in [4.69, 9.17) is 51.8 Å².